The van der Waals surface area contributed by atoms with Gasteiger partial charge in [-0.15, -0.1) is 0 Å². The summed E-state index contributed by atoms with van der Waals surface area (Å²) in [5.74, 6) is 0.168. The minimum absolute atomic E-state index is 0.0207. The Morgan fingerprint density at radius 2 is 1.53 bits per heavy atom. The molecule has 0 aliphatic heterocycles. The zero-order chi connectivity index (χ0) is 13.9. The highest BCUT2D eigenvalue weighted by Gasteiger charge is 2.40. The van der Waals surface area contributed by atoms with Crippen molar-refractivity contribution in [3.8, 4) is 0 Å². The van der Waals surface area contributed by atoms with E-state index in [4.69, 9.17) is 29.9 Å². The van der Waals surface area contributed by atoms with Crippen LogP contribution < -0.4 is 11.5 Å². The third-order valence-corrected chi connectivity index (χ3v) is 5.38. The summed E-state index contributed by atoms with van der Waals surface area (Å²) in [6.07, 6.45) is 0. The summed E-state index contributed by atoms with van der Waals surface area (Å²) in [6.45, 7) is 4.38. The Kier molecular flexibility index (Phi) is 12.6. The van der Waals surface area contributed by atoms with Gasteiger partial charge in [-0.2, -0.15) is 0 Å². The molecule has 0 aromatic carbocycles. The summed E-state index contributed by atoms with van der Waals surface area (Å²) in [6, 6.07) is 0.678. The molecule has 0 spiro atoms. The third kappa shape index (κ3) is 7.82. The van der Waals surface area contributed by atoms with Gasteiger partial charge in [0.2, 0.25) is 0 Å². The summed E-state index contributed by atoms with van der Waals surface area (Å²) < 4.78 is 15.9. The topological polar surface area (TPSA) is 100.0 Å². The van der Waals surface area contributed by atoms with Gasteiger partial charge in [-0.25, -0.2) is 0 Å². The molecule has 0 bridgehead atoms. The van der Waals surface area contributed by atoms with Gasteiger partial charge in [0.1, 0.15) is 0 Å². The highest BCUT2D eigenvalue weighted by atomic mass is 28.4. The van der Waals surface area contributed by atoms with Gasteiger partial charge in [0.15, 0.2) is 0 Å². The van der Waals surface area contributed by atoms with Crippen LogP contribution in [0, 0.1) is 5.92 Å². The summed E-state index contributed by atoms with van der Waals surface area (Å²) in [4.78, 5) is 0. The number of nitrogens with two attached hydrogens (primary N) is 2. The number of aliphatic hydroxyl groups is 1. The van der Waals surface area contributed by atoms with E-state index in [9.17, 15) is 0 Å². The van der Waals surface area contributed by atoms with Crippen LogP contribution in [-0.4, -0.2) is 54.4 Å². The molecule has 2 unspecified atom stereocenters. The standard InChI is InChI=1S/C8H22N2O3Si.C2H6O/c1-7(10)8(5-9)6-14(11-2,12-3)13-4;1-2-3/h7-8H,5-6,9-10H2,1-4H3;3H,2H2,1H3. The van der Waals surface area contributed by atoms with Crippen molar-refractivity contribution in [3.63, 3.8) is 0 Å². The molecular weight excluding hydrogens is 240 g/mol. The molecule has 0 aromatic rings. The molecule has 0 saturated carbocycles. The van der Waals surface area contributed by atoms with Crippen molar-refractivity contribution in [1.29, 1.82) is 0 Å². The van der Waals surface area contributed by atoms with Crippen LogP contribution in [0.5, 0.6) is 0 Å². The van der Waals surface area contributed by atoms with Crippen molar-refractivity contribution in [1.82, 2.24) is 0 Å². The van der Waals surface area contributed by atoms with Crippen LogP contribution in [0.2, 0.25) is 6.04 Å². The Balaban J connectivity index is 0. The Hall–Kier alpha value is -0.0231. The van der Waals surface area contributed by atoms with Crippen molar-refractivity contribution in [2.75, 3.05) is 34.5 Å². The lowest BCUT2D eigenvalue weighted by atomic mass is 10.1. The molecule has 0 fully saturated rings. The molecule has 7 heteroatoms. The fourth-order valence-electron chi connectivity index (χ4n) is 1.30. The van der Waals surface area contributed by atoms with Crippen LogP contribution in [0.1, 0.15) is 13.8 Å². The van der Waals surface area contributed by atoms with E-state index in [2.05, 4.69) is 0 Å². The average Bonchev–Trinajstić information content (AvgIpc) is 2.32. The van der Waals surface area contributed by atoms with E-state index in [1.54, 1.807) is 28.3 Å². The zero-order valence-electron chi connectivity index (χ0n) is 11.6. The minimum Gasteiger partial charge on any atom is -0.397 e. The number of rotatable bonds is 7. The van der Waals surface area contributed by atoms with Gasteiger partial charge in [0, 0.05) is 40.0 Å². The van der Waals surface area contributed by atoms with E-state index in [1.807, 2.05) is 6.92 Å². The molecular formula is C10H28N2O4Si. The van der Waals surface area contributed by atoms with E-state index in [0.717, 1.165) is 0 Å². The molecule has 0 radical (unpaired) electrons. The summed E-state index contributed by atoms with van der Waals surface area (Å²) >= 11 is 0. The smallest absolute Gasteiger partial charge is 0.397 e. The predicted molar refractivity (Wildman–Crippen MR) is 70.5 cm³/mol. The van der Waals surface area contributed by atoms with Crippen molar-refractivity contribution < 1.29 is 18.4 Å². The molecule has 17 heavy (non-hydrogen) atoms. The second kappa shape index (κ2) is 11.1. The van der Waals surface area contributed by atoms with Crippen LogP contribution in [0.4, 0.5) is 0 Å². The van der Waals surface area contributed by atoms with Gasteiger partial charge in [0.05, 0.1) is 0 Å². The molecule has 0 saturated heterocycles. The van der Waals surface area contributed by atoms with Crippen LogP contribution >= 0.6 is 0 Å². The lowest BCUT2D eigenvalue weighted by Gasteiger charge is -2.29. The number of hydrogen-bond donors (Lipinski definition) is 3. The molecule has 0 aliphatic carbocycles. The number of aliphatic hydroxyl groups excluding tert-OH is 1. The SMILES string of the molecule is CCO.CO[Si](CC(CN)C(C)N)(OC)OC. The van der Waals surface area contributed by atoms with Crippen LogP contribution in [0.3, 0.4) is 0 Å². The molecule has 106 valence electrons. The van der Waals surface area contributed by atoms with Gasteiger partial charge in [-0.1, -0.05) is 0 Å². The quantitative estimate of drug-likeness (QED) is 0.552. The van der Waals surface area contributed by atoms with E-state index >= 15 is 0 Å². The second-order valence-electron chi connectivity index (χ2n) is 3.67. The minimum atomic E-state index is -2.52. The van der Waals surface area contributed by atoms with E-state index in [0.29, 0.717) is 12.6 Å². The molecule has 0 rings (SSSR count). The third-order valence-electron chi connectivity index (χ3n) is 2.49. The largest absolute Gasteiger partial charge is 0.500 e. The molecule has 0 heterocycles. The highest BCUT2D eigenvalue weighted by molar-refractivity contribution is 6.60. The van der Waals surface area contributed by atoms with E-state index in [1.165, 1.54) is 0 Å². The molecule has 0 amide bonds. The Labute approximate surface area is 106 Å². The van der Waals surface area contributed by atoms with Crippen molar-refractivity contribution in [3.05, 3.63) is 0 Å². The monoisotopic (exact) mass is 268 g/mol. The van der Waals surface area contributed by atoms with Gasteiger partial charge in [-0.05, 0) is 26.3 Å². The van der Waals surface area contributed by atoms with Gasteiger partial charge >= 0.3 is 8.80 Å². The first-order chi connectivity index (χ1) is 7.96. The van der Waals surface area contributed by atoms with Gasteiger partial charge < -0.3 is 29.9 Å². The first-order valence-corrected chi connectivity index (χ1v) is 7.61. The maximum absolute atomic E-state index is 7.57. The van der Waals surface area contributed by atoms with Crippen molar-refractivity contribution in [2.45, 2.75) is 25.9 Å². The first kappa shape index (κ1) is 19.3. The fraction of sp³-hybridized carbons (Fsp3) is 1.00. The van der Waals surface area contributed by atoms with Gasteiger partial charge in [0.25, 0.3) is 0 Å². The lowest BCUT2D eigenvalue weighted by molar-refractivity contribution is 0.117. The summed E-state index contributed by atoms with van der Waals surface area (Å²) in [5.41, 5.74) is 11.4. The Morgan fingerprint density at radius 3 is 1.71 bits per heavy atom. The second-order valence-corrected chi connectivity index (χ2v) is 6.67. The van der Waals surface area contributed by atoms with Gasteiger partial charge in [-0.3, -0.25) is 0 Å². The van der Waals surface area contributed by atoms with Crippen LogP contribution in [0.15, 0.2) is 0 Å². The molecule has 0 aromatic heterocycles. The number of hydrogen-bond acceptors (Lipinski definition) is 6. The van der Waals surface area contributed by atoms with E-state index in [-0.39, 0.29) is 18.6 Å². The normalized spacial score (nSPS) is 14.8. The fourth-order valence-corrected chi connectivity index (χ4v) is 3.49. The lowest BCUT2D eigenvalue weighted by Crippen LogP contribution is -2.48. The first-order valence-electron chi connectivity index (χ1n) is 5.68. The maximum atomic E-state index is 7.57. The van der Waals surface area contributed by atoms with Crippen LogP contribution in [0.25, 0.3) is 0 Å². The predicted octanol–water partition coefficient (Wildman–Crippen LogP) is -0.215. The Bertz CT molecular complexity index is 160. The summed E-state index contributed by atoms with van der Waals surface area (Å²) in [5, 5.41) is 7.57. The molecule has 6 nitrogen and oxygen atoms in total. The van der Waals surface area contributed by atoms with Crippen molar-refractivity contribution >= 4 is 8.80 Å². The molecule has 0 aliphatic rings. The summed E-state index contributed by atoms with van der Waals surface area (Å²) in [7, 11) is 2.25. The maximum Gasteiger partial charge on any atom is 0.500 e. The van der Waals surface area contributed by atoms with Crippen LogP contribution in [-0.2, 0) is 13.3 Å². The zero-order valence-corrected chi connectivity index (χ0v) is 12.6. The van der Waals surface area contributed by atoms with E-state index < -0.39 is 8.80 Å². The highest BCUT2D eigenvalue weighted by Crippen LogP contribution is 2.20. The molecule has 2 atom stereocenters. The molecule has 5 N–H and O–H groups in total. The average molecular weight is 268 g/mol. The Morgan fingerprint density at radius 1 is 1.18 bits per heavy atom. The van der Waals surface area contributed by atoms with Crippen molar-refractivity contribution in [2.24, 2.45) is 17.4 Å².